The molecule has 3 nitrogen and oxygen atoms in total. The van der Waals surface area contributed by atoms with E-state index in [9.17, 15) is 5.11 Å². The van der Waals surface area contributed by atoms with Crippen LogP contribution in [0.2, 0.25) is 0 Å². The number of ether oxygens (including phenoxy) is 2. The normalized spacial score (nSPS) is 25.1. The number of fused-ring (bicyclic) bond motifs is 1. The minimum absolute atomic E-state index is 0.0700. The van der Waals surface area contributed by atoms with Gasteiger partial charge in [-0.15, -0.1) is 0 Å². The molecule has 17 heavy (non-hydrogen) atoms. The minimum Gasteiger partial charge on any atom is -0.493 e. The highest BCUT2D eigenvalue weighted by atomic mass is 16.5. The zero-order valence-electron chi connectivity index (χ0n) is 9.89. The van der Waals surface area contributed by atoms with Gasteiger partial charge in [-0.3, -0.25) is 0 Å². The Hall–Kier alpha value is -1.06. The number of hydrogen-bond donors (Lipinski definition) is 1. The predicted octanol–water partition coefficient (Wildman–Crippen LogP) is 2.22. The molecule has 1 fully saturated rings. The van der Waals surface area contributed by atoms with Gasteiger partial charge in [0.15, 0.2) is 0 Å². The van der Waals surface area contributed by atoms with Crippen molar-refractivity contribution >= 4 is 0 Å². The van der Waals surface area contributed by atoms with E-state index in [0.29, 0.717) is 0 Å². The monoisotopic (exact) mass is 234 g/mol. The maximum Gasteiger partial charge on any atom is 0.128 e. The van der Waals surface area contributed by atoms with Gasteiger partial charge in [0.1, 0.15) is 11.9 Å². The molecule has 0 saturated carbocycles. The van der Waals surface area contributed by atoms with Crippen LogP contribution in [-0.2, 0) is 11.2 Å². The van der Waals surface area contributed by atoms with E-state index in [0.717, 1.165) is 50.2 Å². The van der Waals surface area contributed by atoms with Gasteiger partial charge in [-0.1, -0.05) is 18.2 Å². The Kier molecular flexibility index (Phi) is 3.04. The molecule has 2 heterocycles. The number of rotatable bonds is 2. The van der Waals surface area contributed by atoms with Crippen molar-refractivity contribution in [1.82, 2.24) is 0 Å². The molecule has 0 aliphatic carbocycles. The lowest BCUT2D eigenvalue weighted by Gasteiger charge is -2.28. The molecular weight excluding hydrogens is 216 g/mol. The van der Waals surface area contributed by atoms with Crippen molar-refractivity contribution in [2.75, 3.05) is 13.2 Å². The smallest absolute Gasteiger partial charge is 0.128 e. The largest absolute Gasteiger partial charge is 0.493 e. The van der Waals surface area contributed by atoms with Crippen LogP contribution in [0.3, 0.4) is 0 Å². The average Bonchev–Trinajstić information content (AvgIpc) is 2.87. The fourth-order valence-electron chi connectivity index (χ4n) is 2.69. The van der Waals surface area contributed by atoms with E-state index in [1.807, 2.05) is 12.1 Å². The van der Waals surface area contributed by atoms with Crippen LogP contribution in [0.1, 0.15) is 36.5 Å². The summed E-state index contributed by atoms with van der Waals surface area (Å²) >= 11 is 0. The Labute approximate surface area is 101 Å². The topological polar surface area (TPSA) is 38.7 Å². The van der Waals surface area contributed by atoms with E-state index >= 15 is 0 Å². The third-order valence-electron chi connectivity index (χ3n) is 3.63. The number of para-hydroxylation sites is 1. The zero-order chi connectivity index (χ0) is 11.7. The number of aliphatic hydroxyl groups excluding tert-OH is 1. The van der Waals surface area contributed by atoms with Crippen molar-refractivity contribution < 1.29 is 14.6 Å². The summed E-state index contributed by atoms with van der Waals surface area (Å²) in [4.78, 5) is 0. The first kappa shape index (κ1) is 11.1. The molecule has 1 N–H and O–H groups in total. The van der Waals surface area contributed by atoms with Crippen molar-refractivity contribution in [1.29, 1.82) is 0 Å². The van der Waals surface area contributed by atoms with Gasteiger partial charge in [-0.05, 0) is 24.8 Å². The summed E-state index contributed by atoms with van der Waals surface area (Å²) in [6, 6.07) is 6.02. The molecule has 0 amide bonds. The second-order valence-corrected chi connectivity index (χ2v) is 4.78. The summed E-state index contributed by atoms with van der Waals surface area (Å²) in [6.07, 6.45) is 3.50. The molecule has 92 valence electrons. The molecule has 2 aliphatic heterocycles. The van der Waals surface area contributed by atoms with Crippen LogP contribution in [0.15, 0.2) is 18.2 Å². The molecule has 0 bridgehead atoms. The molecule has 1 aromatic carbocycles. The lowest BCUT2D eigenvalue weighted by molar-refractivity contribution is -0.0639. The average molecular weight is 234 g/mol. The van der Waals surface area contributed by atoms with E-state index in [1.165, 1.54) is 5.56 Å². The van der Waals surface area contributed by atoms with E-state index in [4.69, 9.17) is 9.47 Å². The van der Waals surface area contributed by atoms with Crippen molar-refractivity contribution in [3.8, 4) is 5.75 Å². The molecule has 2 atom stereocenters. The molecule has 0 radical (unpaired) electrons. The highest BCUT2D eigenvalue weighted by Crippen LogP contribution is 2.36. The third-order valence-corrected chi connectivity index (χ3v) is 3.63. The fraction of sp³-hybridized carbons (Fsp3) is 0.571. The van der Waals surface area contributed by atoms with Crippen LogP contribution in [-0.4, -0.2) is 24.4 Å². The van der Waals surface area contributed by atoms with E-state index in [-0.39, 0.29) is 6.10 Å². The first-order chi connectivity index (χ1) is 8.36. The summed E-state index contributed by atoms with van der Waals surface area (Å²) in [5.41, 5.74) is 2.10. The summed E-state index contributed by atoms with van der Waals surface area (Å²) in [6.45, 7) is 1.49. The molecule has 2 aliphatic rings. The van der Waals surface area contributed by atoms with Gasteiger partial charge in [0.05, 0.1) is 12.7 Å². The molecular formula is C14H18O3. The maximum atomic E-state index is 10.4. The Morgan fingerprint density at radius 2 is 2.18 bits per heavy atom. The van der Waals surface area contributed by atoms with Gasteiger partial charge in [-0.2, -0.15) is 0 Å². The van der Waals surface area contributed by atoms with Crippen molar-refractivity contribution in [3.05, 3.63) is 29.3 Å². The van der Waals surface area contributed by atoms with E-state index < -0.39 is 6.10 Å². The molecule has 2 unspecified atom stereocenters. The molecule has 3 heteroatoms. The van der Waals surface area contributed by atoms with Crippen LogP contribution in [0.25, 0.3) is 0 Å². The van der Waals surface area contributed by atoms with Crippen molar-refractivity contribution in [3.63, 3.8) is 0 Å². The molecule has 0 spiro atoms. The van der Waals surface area contributed by atoms with Crippen LogP contribution in [0, 0.1) is 0 Å². The third kappa shape index (κ3) is 2.05. The summed E-state index contributed by atoms with van der Waals surface area (Å²) in [5, 5.41) is 10.4. The number of benzene rings is 1. The van der Waals surface area contributed by atoms with Gasteiger partial charge in [-0.25, -0.2) is 0 Å². The lowest BCUT2D eigenvalue weighted by atomic mass is 9.96. The number of aliphatic hydroxyl groups is 1. The Bertz CT molecular complexity index is 396. The van der Waals surface area contributed by atoms with Gasteiger partial charge in [0.25, 0.3) is 0 Å². The van der Waals surface area contributed by atoms with Gasteiger partial charge >= 0.3 is 0 Å². The fourth-order valence-corrected chi connectivity index (χ4v) is 2.69. The van der Waals surface area contributed by atoms with Crippen LogP contribution in [0.5, 0.6) is 5.75 Å². The van der Waals surface area contributed by atoms with Gasteiger partial charge < -0.3 is 14.6 Å². The van der Waals surface area contributed by atoms with Gasteiger partial charge in [0, 0.05) is 18.6 Å². The first-order valence-corrected chi connectivity index (χ1v) is 6.40. The second kappa shape index (κ2) is 4.67. The molecule has 3 rings (SSSR count). The molecule has 0 aromatic heterocycles. The van der Waals surface area contributed by atoms with E-state index in [1.54, 1.807) is 0 Å². The van der Waals surface area contributed by atoms with Crippen molar-refractivity contribution in [2.45, 2.75) is 37.9 Å². The SMILES string of the molecule is OC(c1cccc2c1OCC2)C1CCCCO1. The zero-order valence-corrected chi connectivity index (χ0v) is 9.89. The van der Waals surface area contributed by atoms with Crippen LogP contribution < -0.4 is 4.74 Å². The maximum absolute atomic E-state index is 10.4. The Morgan fingerprint density at radius 1 is 1.24 bits per heavy atom. The quantitative estimate of drug-likeness (QED) is 0.852. The summed E-state index contributed by atoms with van der Waals surface area (Å²) in [7, 11) is 0. The highest BCUT2D eigenvalue weighted by Gasteiger charge is 2.28. The molecule has 1 saturated heterocycles. The van der Waals surface area contributed by atoms with E-state index in [2.05, 4.69) is 6.07 Å². The van der Waals surface area contributed by atoms with Gasteiger partial charge in [0.2, 0.25) is 0 Å². The number of hydrogen-bond acceptors (Lipinski definition) is 3. The minimum atomic E-state index is -0.552. The highest BCUT2D eigenvalue weighted by molar-refractivity contribution is 5.45. The summed E-state index contributed by atoms with van der Waals surface area (Å²) < 4.78 is 11.3. The Morgan fingerprint density at radius 3 is 3.00 bits per heavy atom. The predicted molar refractivity (Wildman–Crippen MR) is 64.2 cm³/mol. The second-order valence-electron chi connectivity index (χ2n) is 4.78. The van der Waals surface area contributed by atoms with Crippen LogP contribution in [0.4, 0.5) is 0 Å². The standard InChI is InChI=1S/C14H18O3/c15-13(12-6-1-2-8-16-12)11-5-3-4-10-7-9-17-14(10)11/h3-5,12-13,15H,1-2,6-9H2. The summed E-state index contributed by atoms with van der Waals surface area (Å²) in [5.74, 6) is 0.883. The lowest BCUT2D eigenvalue weighted by Crippen LogP contribution is -2.26. The first-order valence-electron chi connectivity index (χ1n) is 6.40. The Balaban J connectivity index is 1.85. The van der Waals surface area contributed by atoms with Crippen LogP contribution >= 0.6 is 0 Å². The van der Waals surface area contributed by atoms with Crippen molar-refractivity contribution in [2.24, 2.45) is 0 Å². The molecule has 1 aromatic rings.